The Morgan fingerprint density at radius 3 is 2.24 bits per heavy atom. The molecule has 0 aromatic heterocycles. The molecule has 0 bridgehead atoms. The van der Waals surface area contributed by atoms with Gasteiger partial charge >= 0.3 is 12.1 Å². The molecule has 0 aliphatic carbocycles. The van der Waals surface area contributed by atoms with Gasteiger partial charge in [-0.05, 0) is 12.1 Å². The molecule has 3 rings (SSSR count). The number of β-amino-alcohol motifs (C(OH)–C–C–N with tert-alkyl or cyclic N) is 1. The van der Waals surface area contributed by atoms with Crippen molar-refractivity contribution in [1.82, 2.24) is 4.90 Å². The van der Waals surface area contributed by atoms with Crippen LogP contribution in [0.1, 0.15) is 0 Å². The zero-order valence-electron chi connectivity index (χ0n) is 13.3. The fourth-order valence-corrected chi connectivity index (χ4v) is 3.11. The van der Waals surface area contributed by atoms with E-state index in [4.69, 9.17) is 15.0 Å². The first-order valence-corrected chi connectivity index (χ1v) is 7.73. The summed E-state index contributed by atoms with van der Waals surface area (Å²) in [5, 5.41) is 16.1. The molecule has 1 aromatic rings. The van der Waals surface area contributed by atoms with E-state index in [9.17, 15) is 18.0 Å². The summed E-state index contributed by atoms with van der Waals surface area (Å²) in [6, 6.07) is 9.88. The zero-order valence-corrected chi connectivity index (χ0v) is 13.3. The fraction of sp³-hybridized carbons (Fsp3) is 0.500. The Hall–Kier alpha value is -2.13. The molecule has 0 radical (unpaired) electrons. The van der Waals surface area contributed by atoms with Gasteiger partial charge in [0.2, 0.25) is 5.91 Å². The van der Waals surface area contributed by atoms with Crippen LogP contribution < -0.4 is 4.90 Å². The lowest BCUT2D eigenvalue weighted by Crippen LogP contribution is -2.33. The van der Waals surface area contributed by atoms with Gasteiger partial charge in [0.05, 0.1) is 12.5 Å². The van der Waals surface area contributed by atoms with Crippen LogP contribution in [0, 0.1) is 11.8 Å². The van der Waals surface area contributed by atoms with Crippen LogP contribution in [0.2, 0.25) is 0 Å². The van der Waals surface area contributed by atoms with Crippen molar-refractivity contribution in [2.75, 3.05) is 37.7 Å². The van der Waals surface area contributed by atoms with Crippen molar-refractivity contribution in [3.8, 4) is 0 Å². The average molecular weight is 360 g/mol. The van der Waals surface area contributed by atoms with Crippen molar-refractivity contribution < 1.29 is 33.0 Å². The van der Waals surface area contributed by atoms with Gasteiger partial charge in [0.1, 0.15) is 0 Å². The Bertz CT molecular complexity index is 609. The highest BCUT2D eigenvalue weighted by Crippen LogP contribution is 2.34. The third kappa shape index (κ3) is 4.70. The molecule has 2 aliphatic heterocycles. The number of hydrogen-bond acceptors (Lipinski definition) is 4. The van der Waals surface area contributed by atoms with E-state index < -0.39 is 12.1 Å². The van der Waals surface area contributed by atoms with Crippen LogP contribution in [0.3, 0.4) is 0 Å². The van der Waals surface area contributed by atoms with Gasteiger partial charge in [-0.2, -0.15) is 13.2 Å². The number of nitrogens with zero attached hydrogens (tertiary/aromatic N) is 2. The summed E-state index contributed by atoms with van der Waals surface area (Å²) in [4.78, 5) is 25.4. The van der Waals surface area contributed by atoms with Crippen LogP contribution in [0.4, 0.5) is 18.9 Å². The molecule has 1 amide bonds. The number of benzene rings is 1. The lowest BCUT2D eigenvalue weighted by molar-refractivity contribution is -0.192. The molecule has 0 spiro atoms. The number of carboxylic acids is 1. The lowest BCUT2D eigenvalue weighted by Gasteiger charge is -2.21. The largest absolute Gasteiger partial charge is 0.490 e. The summed E-state index contributed by atoms with van der Waals surface area (Å²) in [6.45, 7) is 3.41. The number of carbonyl (C=O) groups excluding carboxylic acids is 1. The van der Waals surface area contributed by atoms with E-state index in [2.05, 4.69) is 4.90 Å². The number of likely N-dealkylation sites (tertiary alicyclic amines) is 1. The van der Waals surface area contributed by atoms with Crippen molar-refractivity contribution in [2.24, 2.45) is 11.8 Å². The molecular formula is C16H19F3N2O4. The number of aliphatic carboxylic acids is 1. The number of fused-ring (bicyclic) bond motifs is 1. The number of halogens is 3. The minimum absolute atomic E-state index is 0.122. The number of hydrogen-bond donors (Lipinski definition) is 2. The van der Waals surface area contributed by atoms with E-state index in [0.717, 1.165) is 25.3 Å². The first-order valence-electron chi connectivity index (χ1n) is 7.73. The first kappa shape index (κ1) is 19.2. The summed E-state index contributed by atoms with van der Waals surface area (Å²) < 4.78 is 31.7. The molecule has 2 N–H and O–H groups in total. The molecule has 6 nitrogen and oxygen atoms in total. The van der Waals surface area contributed by atoms with Gasteiger partial charge in [0.25, 0.3) is 0 Å². The summed E-state index contributed by atoms with van der Waals surface area (Å²) in [5.41, 5.74) is 1.01. The maximum absolute atomic E-state index is 12.4. The maximum Gasteiger partial charge on any atom is 0.490 e. The number of aliphatic hydroxyl groups is 1. The van der Waals surface area contributed by atoms with Crippen molar-refractivity contribution in [1.29, 1.82) is 0 Å². The van der Waals surface area contributed by atoms with Gasteiger partial charge in [-0.25, -0.2) is 4.79 Å². The summed E-state index contributed by atoms with van der Waals surface area (Å²) >= 11 is 0. The van der Waals surface area contributed by atoms with Crippen LogP contribution in [0.15, 0.2) is 30.3 Å². The molecule has 0 saturated carbocycles. The molecule has 1 aromatic carbocycles. The van der Waals surface area contributed by atoms with E-state index >= 15 is 0 Å². The Morgan fingerprint density at radius 2 is 1.76 bits per heavy atom. The van der Waals surface area contributed by atoms with Gasteiger partial charge < -0.3 is 15.1 Å². The Balaban J connectivity index is 0.000000277. The Labute approximate surface area is 142 Å². The molecular weight excluding hydrogens is 341 g/mol. The highest BCUT2D eigenvalue weighted by molar-refractivity contribution is 5.98. The predicted octanol–water partition coefficient (Wildman–Crippen LogP) is 1.21. The van der Waals surface area contributed by atoms with Crippen molar-refractivity contribution in [3.63, 3.8) is 0 Å². The molecule has 2 saturated heterocycles. The van der Waals surface area contributed by atoms with Crippen LogP contribution in [0.5, 0.6) is 0 Å². The smallest absolute Gasteiger partial charge is 0.475 e. The molecule has 2 atom stereocenters. The second-order valence-electron chi connectivity index (χ2n) is 5.94. The monoisotopic (exact) mass is 360 g/mol. The van der Waals surface area contributed by atoms with Gasteiger partial charge in [0.15, 0.2) is 0 Å². The van der Waals surface area contributed by atoms with Crippen molar-refractivity contribution >= 4 is 17.6 Å². The molecule has 2 fully saturated rings. The fourth-order valence-electron chi connectivity index (χ4n) is 3.11. The average Bonchev–Trinajstić information content (AvgIpc) is 3.08. The number of rotatable bonds is 3. The number of anilines is 1. The summed E-state index contributed by atoms with van der Waals surface area (Å²) in [5.74, 6) is -1.97. The highest BCUT2D eigenvalue weighted by atomic mass is 19.4. The number of carbonyl (C=O) groups is 2. The van der Waals surface area contributed by atoms with Crippen LogP contribution >= 0.6 is 0 Å². The lowest BCUT2D eigenvalue weighted by atomic mass is 10.0. The second kappa shape index (κ2) is 7.83. The number of carboxylic acid groups (broad SMARTS) is 1. The molecule has 25 heavy (non-hydrogen) atoms. The SMILES string of the molecule is O=C(O)C(F)(F)F.O=C1[C@H]2CN(CCO)C[C@H]2CN1c1ccccc1. The Kier molecular flexibility index (Phi) is 6.02. The van der Waals surface area contributed by atoms with E-state index in [0.29, 0.717) is 12.5 Å². The number of amides is 1. The van der Waals surface area contributed by atoms with Gasteiger partial charge in [0, 0.05) is 37.8 Å². The van der Waals surface area contributed by atoms with Crippen molar-refractivity contribution in [2.45, 2.75) is 6.18 Å². The first-order chi connectivity index (χ1) is 11.7. The van der Waals surface area contributed by atoms with Crippen LogP contribution in [0.25, 0.3) is 0 Å². The third-order valence-electron chi connectivity index (χ3n) is 4.24. The molecule has 138 valence electrons. The molecule has 2 aliphatic rings. The van der Waals surface area contributed by atoms with Gasteiger partial charge in [-0.3, -0.25) is 9.69 Å². The van der Waals surface area contributed by atoms with E-state index in [1.54, 1.807) is 0 Å². The van der Waals surface area contributed by atoms with Crippen molar-refractivity contribution in [3.05, 3.63) is 30.3 Å². The van der Waals surface area contributed by atoms with Gasteiger partial charge in [-0.1, -0.05) is 18.2 Å². The normalized spacial score (nSPS) is 23.2. The van der Waals surface area contributed by atoms with E-state index in [1.807, 2.05) is 35.2 Å². The molecule has 9 heteroatoms. The second-order valence-corrected chi connectivity index (χ2v) is 5.94. The summed E-state index contributed by atoms with van der Waals surface area (Å²) in [7, 11) is 0. The van der Waals surface area contributed by atoms with Gasteiger partial charge in [-0.15, -0.1) is 0 Å². The van der Waals surface area contributed by atoms with E-state index in [1.165, 1.54) is 0 Å². The quantitative estimate of drug-likeness (QED) is 0.847. The maximum atomic E-state index is 12.4. The number of alkyl halides is 3. The topological polar surface area (TPSA) is 81.1 Å². The predicted molar refractivity (Wildman–Crippen MR) is 83.0 cm³/mol. The number of para-hydroxylation sites is 1. The van der Waals surface area contributed by atoms with Crippen LogP contribution in [-0.4, -0.2) is 66.0 Å². The minimum Gasteiger partial charge on any atom is -0.475 e. The Morgan fingerprint density at radius 1 is 1.16 bits per heavy atom. The zero-order chi connectivity index (χ0) is 18.6. The number of aliphatic hydroxyl groups excluding tert-OH is 1. The van der Waals surface area contributed by atoms with E-state index in [-0.39, 0.29) is 18.4 Å². The minimum atomic E-state index is -5.08. The standard InChI is InChI=1S/C14H18N2O2.C2HF3O2/c17-7-6-15-8-11-9-16(14(18)13(11)10-15)12-4-2-1-3-5-12;3-2(4,5)1(6)7/h1-5,11,13,17H,6-10H2;(H,6,7)/t11-,13-;/m0./s1. The highest BCUT2D eigenvalue weighted by Gasteiger charge is 2.46. The molecule has 2 heterocycles. The third-order valence-corrected chi connectivity index (χ3v) is 4.24. The van der Waals surface area contributed by atoms with Crippen LogP contribution in [-0.2, 0) is 9.59 Å². The molecule has 0 unspecified atom stereocenters. The summed E-state index contributed by atoms with van der Waals surface area (Å²) in [6.07, 6.45) is -5.08.